The molecule has 3 unspecified atom stereocenters. The van der Waals surface area contributed by atoms with E-state index in [4.69, 9.17) is 0 Å². The maximum absolute atomic E-state index is 10.4. The summed E-state index contributed by atoms with van der Waals surface area (Å²) in [6.07, 6.45) is 18.4. The van der Waals surface area contributed by atoms with E-state index in [-0.39, 0.29) is 6.92 Å². The van der Waals surface area contributed by atoms with E-state index in [9.17, 15) is 13.2 Å². The predicted molar refractivity (Wildman–Crippen MR) is 200 cm³/mol. The summed E-state index contributed by atoms with van der Waals surface area (Å²) < 4.78 is 31.1. The Labute approximate surface area is 286 Å². The van der Waals surface area contributed by atoms with E-state index in [0.717, 1.165) is 32.0 Å². The molecule has 0 bridgehead atoms. The normalized spacial score (nSPS) is 17.2. The molecule has 1 aromatic rings. The predicted octanol–water partition coefficient (Wildman–Crippen LogP) is 12.4. The number of aryl methyl sites for hydroxylation is 1. The number of rotatable bonds is 16. The van der Waals surface area contributed by atoms with Crippen molar-refractivity contribution < 1.29 is 13.2 Å². The molecule has 264 valence electrons. The Kier molecular flexibility index (Phi) is 20.4. The average molecular weight is 655 g/mol. The molecule has 0 radical (unpaired) electrons. The Morgan fingerprint density at radius 1 is 1.04 bits per heavy atom. The first-order valence-corrected chi connectivity index (χ1v) is 17.8. The molecule has 5 heteroatoms. The van der Waals surface area contributed by atoms with E-state index < -0.39 is 6.18 Å². The third-order valence-corrected chi connectivity index (χ3v) is 9.45. The van der Waals surface area contributed by atoms with Crippen LogP contribution in [0, 0.1) is 18.8 Å². The van der Waals surface area contributed by atoms with Gasteiger partial charge in [0.15, 0.2) is 0 Å². The van der Waals surface area contributed by atoms with Gasteiger partial charge >= 0.3 is 6.18 Å². The standard InChI is InChI=1S/C38H58N2.C2H3F3.C2H4/c1-8-26-39(10-3)37-24-27-40(28-25-37)33(7)21-23-35(38(9-2)34-17-11-14-30(4)20-22-34)18-13-16-32(6)36-19-12-15-31(5)29-36;1-2(3,4)5;1-2/h9,12,14-15,17,19-20,22,29,32,35,37-38H,2,7-8,10-11,13,16,18,21,23-28H2,1,3-6H3;1H3;1-2H2. The number of benzene rings is 1. The first kappa shape index (κ1) is 42.2. The fraction of sp³-hybridized carbons (Fsp3) is 0.571. The Bertz CT molecular complexity index is 1130. The molecule has 0 aromatic heterocycles. The molecule has 0 amide bonds. The molecule has 1 aliphatic carbocycles. The van der Waals surface area contributed by atoms with Crippen LogP contribution in [-0.4, -0.2) is 48.2 Å². The molecular weight excluding hydrogens is 589 g/mol. The summed E-state index contributed by atoms with van der Waals surface area (Å²) in [5.74, 6) is 1.58. The van der Waals surface area contributed by atoms with E-state index in [0.29, 0.717) is 17.8 Å². The zero-order chi connectivity index (χ0) is 35.4. The molecule has 1 aromatic carbocycles. The van der Waals surface area contributed by atoms with Crippen LogP contribution in [0.15, 0.2) is 97.8 Å². The largest absolute Gasteiger partial charge is 0.386 e. The fourth-order valence-corrected chi connectivity index (χ4v) is 6.87. The van der Waals surface area contributed by atoms with Gasteiger partial charge in [0.25, 0.3) is 0 Å². The minimum Gasteiger partial charge on any atom is -0.375 e. The number of likely N-dealkylation sites (tertiary alicyclic amines) is 1. The highest BCUT2D eigenvalue weighted by Gasteiger charge is 2.26. The maximum atomic E-state index is 10.4. The van der Waals surface area contributed by atoms with Crippen molar-refractivity contribution in [1.82, 2.24) is 9.80 Å². The number of halogens is 3. The molecule has 2 nitrogen and oxygen atoms in total. The first-order chi connectivity index (χ1) is 22.4. The number of hydrogen-bond acceptors (Lipinski definition) is 2. The molecule has 0 spiro atoms. The second kappa shape index (κ2) is 22.7. The topological polar surface area (TPSA) is 6.48 Å². The lowest BCUT2D eigenvalue weighted by Gasteiger charge is -2.40. The number of allylic oxidation sites excluding steroid dienone is 8. The quantitative estimate of drug-likeness (QED) is 0.164. The van der Waals surface area contributed by atoms with Crippen LogP contribution in [0.2, 0.25) is 0 Å². The van der Waals surface area contributed by atoms with Crippen molar-refractivity contribution in [3.8, 4) is 0 Å². The van der Waals surface area contributed by atoms with Crippen LogP contribution >= 0.6 is 0 Å². The molecule has 3 rings (SSSR count). The molecule has 1 fully saturated rings. The number of alkyl halides is 3. The van der Waals surface area contributed by atoms with Gasteiger partial charge in [0.05, 0.1) is 0 Å². The maximum Gasteiger partial charge on any atom is 0.386 e. The zero-order valence-corrected chi connectivity index (χ0v) is 30.6. The van der Waals surface area contributed by atoms with Crippen LogP contribution in [0.1, 0.15) is 109 Å². The lowest BCUT2D eigenvalue weighted by Crippen LogP contribution is -2.44. The Morgan fingerprint density at radius 3 is 2.28 bits per heavy atom. The van der Waals surface area contributed by atoms with Gasteiger partial charge in [0.2, 0.25) is 0 Å². The zero-order valence-electron chi connectivity index (χ0n) is 30.6. The summed E-state index contributed by atoms with van der Waals surface area (Å²) >= 11 is 0. The van der Waals surface area contributed by atoms with Crippen LogP contribution in [0.5, 0.6) is 0 Å². The summed E-state index contributed by atoms with van der Waals surface area (Å²) in [5, 5.41) is 0. The lowest BCUT2D eigenvalue weighted by atomic mass is 9.78. The van der Waals surface area contributed by atoms with E-state index in [2.05, 4.69) is 125 Å². The third-order valence-electron chi connectivity index (χ3n) is 9.45. The summed E-state index contributed by atoms with van der Waals surface area (Å²) in [5.41, 5.74) is 6.99. The highest BCUT2D eigenvalue weighted by atomic mass is 19.4. The van der Waals surface area contributed by atoms with Crippen LogP contribution in [0.25, 0.3) is 0 Å². The Hall–Kier alpha value is -2.79. The van der Waals surface area contributed by atoms with Gasteiger partial charge in [-0.1, -0.05) is 99.6 Å². The van der Waals surface area contributed by atoms with Crippen LogP contribution in [0.3, 0.4) is 0 Å². The van der Waals surface area contributed by atoms with Crippen molar-refractivity contribution in [2.75, 3.05) is 26.2 Å². The molecule has 3 atom stereocenters. The van der Waals surface area contributed by atoms with Crippen LogP contribution < -0.4 is 0 Å². The van der Waals surface area contributed by atoms with E-state index in [1.807, 2.05) is 0 Å². The molecule has 1 saturated heterocycles. The lowest BCUT2D eigenvalue weighted by molar-refractivity contribution is -0.110. The smallest absolute Gasteiger partial charge is 0.375 e. The van der Waals surface area contributed by atoms with E-state index in [1.54, 1.807) is 0 Å². The van der Waals surface area contributed by atoms with Gasteiger partial charge in [-0.15, -0.1) is 19.7 Å². The number of piperidine rings is 1. The Morgan fingerprint density at radius 2 is 1.70 bits per heavy atom. The van der Waals surface area contributed by atoms with Gasteiger partial charge in [-0.25, -0.2) is 0 Å². The van der Waals surface area contributed by atoms with E-state index >= 15 is 0 Å². The fourth-order valence-electron chi connectivity index (χ4n) is 6.87. The molecule has 2 aliphatic rings. The van der Waals surface area contributed by atoms with Gasteiger partial charge in [0.1, 0.15) is 0 Å². The summed E-state index contributed by atoms with van der Waals surface area (Å²) in [6, 6.07) is 9.81. The highest BCUT2D eigenvalue weighted by molar-refractivity contribution is 5.34. The number of hydrogen-bond donors (Lipinski definition) is 0. The molecule has 1 aliphatic heterocycles. The average Bonchev–Trinajstić information content (AvgIpc) is 3.26. The SMILES string of the molecule is C=C.C=CC(C1=CCC=C(C)C=C1)C(CCCC(C)c1cccc(C)c1)CCC(=C)N1CCC(N(CC)CCC)CC1.CC(F)(F)F. The van der Waals surface area contributed by atoms with Gasteiger partial charge in [-0.3, -0.25) is 0 Å². The number of nitrogens with zero attached hydrogens (tertiary/aromatic N) is 2. The molecular formula is C42H65F3N2. The summed E-state index contributed by atoms with van der Waals surface area (Å²) in [4.78, 5) is 5.28. The van der Waals surface area contributed by atoms with Crippen molar-refractivity contribution in [3.05, 3.63) is 109 Å². The minimum absolute atomic E-state index is 0.188. The minimum atomic E-state index is -4.00. The summed E-state index contributed by atoms with van der Waals surface area (Å²) in [7, 11) is 0. The van der Waals surface area contributed by atoms with Crippen molar-refractivity contribution in [3.63, 3.8) is 0 Å². The second-order valence-electron chi connectivity index (χ2n) is 13.2. The van der Waals surface area contributed by atoms with Crippen molar-refractivity contribution >= 4 is 0 Å². The molecule has 1 heterocycles. The third kappa shape index (κ3) is 16.7. The van der Waals surface area contributed by atoms with E-state index in [1.165, 1.54) is 86.0 Å². The second-order valence-corrected chi connectivity index (χ2v) is 13.2. The molecule has 47 heavy (non-hydrogen) atoms. The van der Waals surface area contributed by atoms with Gasteiger partial charge < -0.3 is 9.80 Å². The van der Waals surface area contributed by atoms with Gasteiger partial charge in [-0.05, 0) is 101 Å². The Balaban J connectivity index is 0.00000144. The molecule has 0 N–H and O–H groups in total. The first-order valence-electron chi connectivity index (χ1n) is 17.8. The van der Waals surface area contributed by atoms with Gasteiger partial charge in [-0.2, -0.15) is 13.2 Å². The van der Waals surface area contributed by atoms with Crippen LogP contribution in [-0.2, 0) is 0 Å². The molecule has 0 saturated carbocycles. The van der Waals surface area contributed by atoms with Crippen molar-refractivity contribution in [2.45, 2.75) is 117 Å². The van der Waals surface area contributed by atoms with Gasteiger partial charge in [0, 0.05) is 37.7 Å². The highest BCUT2D eigenvalue weighted by Crippen LogP contribution is 2.35. The van der Waals surface area contributed by atoms with Crippen LogP contribution in [0.4, 0.5) is 13.2 Å². The summed E-state index contributed by atoms with van der Waals surface area (Å²) in [6.45, 7) is 31.3. The monoisotopic (exact) mass is 655 g/mol. The van der Waals surface area contributed by atoms with Crippen molar-refractivity contribution in [1.29, 1.82) is 0 Å². The van der Waals surface area contributed by atoms with Crippen molar-refractivity contribution in [2.24, 2.45) is 11.8 Å².